The van der Waals surface area contributed by atoms with Gasteiger partial charge in [0, 0.05) is 10.8 Å². The van der Waals surface area contributed by atoms with Gasteiger partial charge in [-0.25, -0.2) is 4.90 Å². The van der Waals surface area contributed by atoms with Crippen molar-refractivity contribution in [2.75, 3.05) is 12.0 Å². The first-order chi connectivity index (χ1) is 14.9. The van der Waals surface area contributed by atoms with Crippen molar-refractivity contribution in [1.82, 2.24) is 4.98 Å². The Morgan fingerprint density at radius 1 is 1.13 bits per heavy atom. The highest BCUT2D eigenvalue weighted by molar-refractivity contribution is 8.01. The number of carbonyl (C=O) groups is 2. The van der Waals surface area contributed by atoms with E-state index in [1.165, 1.54) is 35.1 Å². The minimum absolute atomic E-state index is 0.0185. The molecule has 2 aromatic carbocycles. The summed E-state index contributed by atoms with van der Waals surface area (Å²) in [5.74, 6) is -1.07. The Labute approximate surface area is 191 Å². The number of aromatic nitrogens is 1. The van der Waals surface area contributed by atoms with Crippen molar-refractivity contribution < 1.29 is 19.4 Å². The molecule has 1 fully saturated rings. The van der Waals surface area contributed by atoms with Crippen LogP contribution in [-0.2, 0) is 9.59 Å². The third-order valence-corrected chi connectivity index (χ3v) is 8.43. The van der Waals surface area contributed by atoms with Gasteiger partial charge in [0.25, 0.3) is 0 Å². The number of fused-ring (bicyclic) bond motifs is 2. The third kappa shape index (κ3) is 3.19. The standard InChI is InChI=1S/C22H18N2O4S3/c1-10-3-6-12(7-4-10)24-20(26)16-15(11-5-8-13(25)14(9-11)28-2)17-19(23-22(29)31-17)30-18(16)21(24)27/h3-9,15-16,18,25H,1-2H3,(H,23,29)/t15-,16+,18-/m0/s1. The van der Waals surface area contributed by atoms with Gasteiger partial charge in [-0.15, -0.1) is 11.3 Å². The lowest BCUT2D eigenvalue weighted by Crippen LogP contribution is -2.32. The molecule has 0 unspecified atom stereocenters. The van der Waals surface area contributed by atoms with Crippen molar-refractivity contribution in [3.8, 4) is 11.5 Å². The van der Waals surface area contributed by atoms with Crippen molar-refractivity contribution in [3.05, 3.63) is 62.4 Å². The summed E-state index contributed by atoms with van der Waals surface area (Å²) < 4.78 is 5.89. The van der Waals surface area contributed by atoms with E-state index >= 15 is 0 Å². The van der Waals surface area contributed by atoms with Gasteiger partial charge in [0.05, 0.1) is 23.7 Å². The number of rotatable bonds is 3. The Bertz CT molecular complexity index is 1260. The van der Waals surface area contributed by atoms with Gasteiger partial charge in [-0.1, -0.05) is 35.5 Å². The lowest BCUT2D eigenvalue weighted by Gasteiger charge is -2.30. The molecule has 0 aliphatic carbocycles. The number of phenols is 1. The lowest BCUT2D eigenvalue weighted by atomic mass is 9.83. The summed E-state index contributed by atoms with van der Waals surface area (Å²) in [6.45, 7) is 1.96. The van der Waals surface area contributed by atoms with E-state index in [9.17, 15) is 14.7 Å². The summed E-state index contributed by atoms with van der Waals surface area (Å²) >= 11 is 8.14. The number of aryl methyl sites for hydroxylation is 1. The van der Waals surface area contributed by atoms with Crippen molar-refractivity contribution in [3.63, 3.8) is 0 Å². The fraction of sp³-hybridized carbons (Fsp3) is 0.227. The Kier molecular flexibility index (Phi) is 4.91. The van der Waals surface area contributed by atoms with E-state index in [4.69, 9.17) is 17.0 Å². The highest BCUT2D eigenvalue weighted by Gasteiger charge is 2.56. The van der Waals surface area contributed by atoms with E-state index in [1.807, 2.05) is 19.1 Å². The number of ether oxygens (including phenoxy) is 1. The van der Waals surface area contributed by atoms with Crippen molar-refractivity contribution in [1.29, 1.82) is 0 Å². The zero-order chi connectivity index (χ0) is 21.9. The van der Waals surface area contributed by atoms with Crippen LogP contribution in [0.5, 0.6) is 11.5 Å². The van der Waals surface area contributed by atoms with Crippen LogP contribution in [0.4, 0.5) is 5.69 Å². The van der Waals surface area contributed by atoms with Gasteiger partial charge in [-0.05, 0) is 49.0 Å². The Hall–Kier alpha value is -2.62. The largest absolute Gasteiger partial charge is 0.504 e. The smallest absolute Gasteiger partial charge is 0.248 e. The first-order valence-corrected chi connectivity index (χ1v) is 11.7. The van der Waals surface area contributed by atoms with Crippen LogP contribution in [0.25, 0.3) is 0 Å². The van der Waals surface area contributed by atoms with Crippen LogP contribution in [0, 0.1) is 16.8 Å². The fourth-order valence-corrected chi connectivity index (χ4v) is 7.17. The highest BCUT2D eigenvalue weighted by atomic mass is 32.2. The van der Waals surface area contributed by atoms with Crippen LogP contribution in [0.2, 0.25) is 0 Å². The number of benzene rings is 2. The molecule has 3 heterocycles. The van der Waals surface area contributed by atoms with E-state index in [2.05, 4.69) is 4.98 Å². The van der Waals surface area contributed by atoms with Crippen LogP contribution in [0.3, 0.4) is 0 Å². The van der Waals surface area contributed by atoms with Gasteiger partial charge < -0.3 is 14.8 Å². The number of imide groups is 1. The van der Waals surface area contributed by atoms with Gasteiger partial charge in [0.15, 0.2) is 15.5 Å². The maximum absolute atomic E-state index is 13.6. The second-order valence-corrected chi connectivity index (χ2v) is 10.4. The quantitative estimate of drug-likeness (QED) is 0.429. The average Bonchev–Trinajstić information content (AvgIpc) is 3.24. The molecule has 9 heteroatoms. The Morgan fingerprint density at radius 3 is 2.58 bits per heavy atom. The number of phenolic OH excluding ortho intramolecular Hbond substituents is 1. The summed E-state index contributed by atoms with van der Waals surface area (Å²) in [5, 5.41) is 10.3. The monoisotopic (exact) mass is 470 g/mol. The maximum atomic E-state index is 13.6. The topological polar surface area (TPSA) is 82.6 Å². The number of hydrogen-bond donors (Lipinski definition) is 2. The molecule has 31 heavy (non-hydrogen) atoms. The molecule has 2 aliphatic rings. The second-order valence-electron chi connectivity index (χ2n) is 7.53. The second kappa shape index (κ2) is 7.51. The van der Waals surface area contributed by atoms with Crippen LogP contribution in [-0.4, -0.2) is 34.3 Å². The number of nitrogens with zero attached hydrogens (tertiary/aromatic N) is 1. The summed E-state index contributed by atoms with van der Waals surface area (Å²) in [5.41, 5.74) is 2.43. The number of nitrogens with one attached hydrogen (secondary N) is 1. The molecule has 5 rings (SSSR count). The summed E-state index contributed by atoms with van der Waals surface area (Å²) in [6.07, 6.45) is 0. The fourth-order valence-electron chi connectivity index (χ4n) is 4.21. The number of aromatic amines is 1. The van der Waals surface area contributed by atoms with E-state index < -0.39 is 11.2 Å². The van der Waals surface area contributed by atoms with Crippen LogP contribution in [0.15, 0.2) is 47.5 Å². The molecular weight excluding hydrogens is 452 g/mol. The van der Waals surface area contributed by atoms with Crippen molar-refractivity contribution in [2.45, 2.75) is 23.1 Å². The Morgan fingerprint density at radius 2 is 1.87 bits per heavy atom. The molecule has 2 aliphatic heterocycles. The number of H-pyrrole nitrogens is 1. The van der Waals surface area contributed by atoms with E-state index in [-0.39, 0.29) is 23.5 Å². The van der Waals surface area contributed by atoms with Gasteiger partial charge >= 0.3 is 0 Å². The van der Waals surface area contributed by atoms with Gasteiger partial charge in [0.1, 0.15) is 5.25 Å². The number of thiazole rings is 1. The molecule has 158 valence electrons. The predicted molar refractivity (Wildman–Crippen MR) is 123 cm³/mol. The average molecular weight is 471 g/mol. The van der Waals surface area contributed by atoms with Crippen LogP contribution >= 0.6 is 35.3 Å². The molecule has 1 saturated heterocycles. The minimum Gasteiger partial charge on any atom is -0.504 e. The molecule has 3 aromatic rings. The normalized spacial score (nSPS) is 22.4. The van der Waals surface area contributed by atoms with Crippen LogP contribution in [0.1, 0.15) is 21.9 Å². The molecule has 0 radical (unpaired) electrons. The summed E-state index contributed by atoms with van der Waals surface area (Å²) in [7, 11) is 1.48. The maximum Gasteiger partial charge on any atom is 0.248 e. The van der Waals surface area contributed by atoms with E-state index in [0.717, 1.165) is 21.0 Å². The number of hydrogen-bond acceptors (Lipinski definition) is 7. The zero-order valence-electron chi connectivity index (χ0n) is 16.6. The van der Waals surface area contributed by atoms with Crippen LogP contribution < -0.4 is 9.64 Å². The number of aromatic hydroxyl groups is 1. The number of thioether (sulfide) groups is 1. The zero-order valence-corrected chi connectivity index (χ0v) is 19.1. The van der Waals surface area contributed by atoms with E-state index in [1.54, 1.807) is 30.3 Å². The minimum atomic E-state index is -0.581. The first kappa shape index (κ1) is 20.3. The molecule has 3 atom stereocenters. The predicted octanol–water partition coefficient (Wildman–Crippen LogP) is 4.62. The molecular formula is C22H18N2O4S3. The Balaban J connectivity index is 1.66. The lowest BCUT2D eigenvalue weighted by molar-refractivity contribution is -0.122. The number of methoxy groups -OCH3 is 1. The van der Waals surface area contributed by atoms with Gasteiger partial charge in [-0.2, -0.15) is 0 Å². The first-order valence-electron chi connectivity index (χ1n) is 9.60. The van der Waals surface area contributed by atoms with Gasteiger partial charge in [-0.3, -0.25) is 9.59 Å². The number of anilines is 1. The number of carbonyl (C=O) groups excluding carboxylic acids is 2. The molecule has 0 spiro atoms. The SMILES string of the molecule is COc1cc([C@@H]2c3sc(=S)[nH]c3S[C@@H]3C(=O)N(c4ccc(C)cc4)C(=O)[C@H]23)ccc1O. The summed E-state index contributed by atoms with van der Waals surface area (Å²) in [6, 6.07) is 12.4. The molecule has 6 nitrogen and oxygen atoms in total. The summed E-state index contributed by atoms with van der Waals surface area (Å²) in [4.78, 5) is 32.4. The van der Waals surface area contributed by atoms with Crippen molar-refractivity contribution in [2.24, 2.45) is 5.92 Å². The van der Waals surface area contributed by atoms with Crippen molar-refractivity contribution >= 4 is 52.8 Å². The van der Waals surface area contributed by atoms with Gasteiger partial charge in [0.2, 0.25) is 11.8 Å². The third-order valence-electron chi connectivity index (χ3n) is 5.68. The highest BCUT2D eigenvalue weighted by Crippen LogP contribution is 2.54. The number of amides is 2. The molecule has 2 amide bonds. The van der Waals surface area contributed by atoms with E-state index in [0.29, 0.717) is 15.4 Å². The molecule has 1 aromatic heterocycles. The molecule has 0 bridgehead atoms. The molecule has 0 saturated carbocycles. The molecule has 2 N–H and O–H groups in total.